The molecule has 5 nitrogen and oxygen atoms in total. The first kappa shape index (κ1) is 13.1. The molecule has 0 saturated carbocycles. The van der Waals surface area contributed by atoms with E-state index in [0.717, 1.165) is 17.4 Å². The molecule has 0 radical (unpaired) electrons. The van der Waals surface area contributed by atoms with Crippen LogP contribution in [-0.4, -0.2) is 27.8 Å². The molecule has 0 saturated heterocycles. The van der Waals surface area contributed by atoms with Crippen LogP contribution >= 0.6 is 11.3 Å². The van der Waals surface area contributed by atoms with Gasteiger partial charge in [0.2, 0.25) is 5.13 Å². The van der Waals surface area contributed by atoms with Gasteiger partial charge in [-0.2, -0.15) is 0 Å². The first-order valence-electron chi connectivity index (χ1n) is 5.17. The van der Waals surface area contributed by atoms with E-state index in [-0.39, 0.29) is 17.3 Å². The zero-order valence-corrected chi connectivity index (χ0v) is 10.4. The number of hydrogen-bond donors (Lipinski definition) is 2. The van der Waals surface area contributed by atoms with Crippen LogP contribution in [0.25, 0.3) is 0 Å². The van der Waals surface area contributed by atoms with Crippen LogP contribution in [0.5, 0.6) is 0 Å². The molecule has 96 valence electrons. The minimum atomic E-state index is -0.656. The van der Waals surface area contributed by atoms with Crippen molar-refractivity contribution in [3.63, 3.8) is 0 Å². The first-order valence-corrected chi connectivity index (χ1v) is 6.05. The van der Waals surface area contributed by atoms with Crippen molar-refractivity contribution in [1.82, 2.24) is 10.2 Å². The maximum Gasteiger partial charge on any atom is 0.260 e. The van der Waals surface area contributed by atoms with Crippen molar-refractivity contribution in [3.05, 3.63) is 40.7 Å². The van der Waals surface area contributed by atoms with Crippen molar-refractivity contribution >= 4 is 22.4 Å². The highest BCUT2D eigenvalue weighted by Gasteiger charge is 2.13. The summed E-state index contributed by atoms with van der Waals surface area (Å²) in [4.78, 5) is 11.8. The average Bonchev–Trinajstić information content (AvgIpc) is 2.90. The molecule has 0 aliphatic heterocycles. The van der Waals surface area contributed by atoms with Gasteiger partial charge in [0.25, 0.3) is 5.91 Å². The molecule has 2 aromatic rings. The maximum absolute atomic E-state index is 13.6. The predicted octanol–water partition coefficient (Wildman–Crippen LogP) is 1.27. The van der Waals surface area contributed by atoms with Crippen LogP contribution in [0.3, 0.4) is 0 Å². The molecule has 2 N–H and O–H groups in total. The van der Waals surface area contributed by atoms with E-state index in [0.29, 0.717) is 5.56 Å². The fraction of sp³-hybridized carbons (Fsp3) is 0.0833. The molecule has 19 heavy (non-hydrogen) atoms. The molecule has 0 unspecified atom stereocenters. The number of aromatic nitrogens is 2. The second-order valence-corrected chi connectivity index (χ2v) is 4.19. The van der Waals surface area contributed by atoms with Crippen molar-refractivity contribution in [1.29, 1.82) is 0 Å². The maximum atomic E-state index is 13.6. The normalized spacial score (nSPS) is 9.58. The minimum Gasteiger partial charge on any atom is -0.384 e. The molecule has 0 aliphatic carbocycles. The van der Waals surface area contributed by atoms with Crippen LogP contribution in [0, 0.1) is 17.7 Å². The number of benzene rings is 1. The summed E-state index contributed by atoms with van der Waals surface area (Å²) in [5.74, 6) is 3.75. The number of halogens is 1. The Morgan fingerprint density at radius 2 is 2.37 bits per heavy atom. The molecule has 2 rings (SSSR count). The van der Waals surface area contributed by atoms with Crippen molar-refractivity contribution in [2.75, 3.05) is 11.9 Å². The number of carbonyl (C=O) groups excluding carboxylic acids is 1. The van der Waals surface area contributed by atoms with E-state index in [1.165, 1.54) is 17.6 Å². The lowest BCUT2D eigenvalue weighted by Crippen LogP contribution is -2.13. The zero-order valence-electron chi connectivity index (χ0n) is 9.55. The molecular weight excluding hydrogens is 269 g/mol. The largest absolute Gasteiger partial charge is 0.384 e. The molecule has 1 heterocycles. The molecule has 0 spiro atoms. The van der Waals surface area contributed by atoms with Crippen molar-refractivity contribution in [2.24, 2.45) is 0 Å². The first-order chi connectivity index (χ1) is 9.20. The van der Waals surface area contributed by atoms with Gasteiger partial charge in [0.15, 0.2) is 0 Å². The van der Waals surface area contributed by atoms with Gasteiger partial charge in [-0.1, -0.05) is 23.2 Å². The molecule has 1 amide bonds. The number of anilines is 1. The third-order valence-corrected chi connectivity index (χ3v) is 2.71. The van der Waals surface area contributed by atoms with Crippen LogP contribution in [0.1, 0.15) is 15.9 Å². The molecule has 7 heteroatoms. The highest BCUT2D eigenvalue weighted by atomic mass is 32.1. The van der Waals surface area contributed by atoms with Gasteiger partial charge in [-0.05, 0) is 18.2 Å². The number of nitrogens with one attached hydrogen (secondary N) is 1. The highest BCUT2D eigenvalue weighted by Crippen LogP contribution is 2.14. The second kappa shape index (κ2) is 6.04. The monoisotopic (exact) mass is 277 g/mol. The third-order valence-electron chi connectivity index (χ3n) is 2.10. The minimum absolute atomic E-state index is 0.139. The van der Waals surface area contributed by atoms with Gasteiger partial charge in [0, 0.05) is 5.56 Å². The predicted molar refractivity (Wildman–Crippen MR) is 68.2 cm³/mol. The SMILES string of the molecule is O=C(Nc1nncs1)c1cc(C#CCO)ccc1F. The summed E-state index contributed by atoms with van der Waals surface area (Å²) in [7, 11) is 0. The van der Waals surface area contributed by atoms with E-state index in [1.54, 1.807) is 0 Å². The molecule has 0 atom stereocenters. The average molecular weight is 277 g/mol. The van der Waals surface area contributed by atoms with Gasteiger partial charge in [0.05, 0.1) is 5.56 Å². The standard InChI is InChI=1S/C12H8FN3O2S/c13-10-4-3-8(2-1-5-17)6-9(10)11(18)15-12-16-14-7-19-12/h3-4,6-7,17H,5H2,(H,15,16,18). The lowest BCUT2D eigenvalue weighted by Gasteiger charge is -2.03. The molecular formula is C12H8FN3O2S. The number of aliphatic hydroxyl groups excluding tert-OH is 1. The fourth-order valence-corrected chi connectivity index (χ4v) is 1.75. The number of hydrogen-bond acceptors (Lipinski definition) is 5. The molecule has 0 bridgehead atoms. The van der Waals surface area contributed by atoms with E-state index in [1.807, 2.05) is 0 Å². The summed E-state index contributed by atoms with van der Waals surface area (Å²) in [6.45, 7) is -0.302. The Morgan fingerprint density at radius 1 is 1.53 bits per heavy atom. The van der Waals surface area contributed by atoms with Crippen LogP contribution < -0.4 is 5.32 Å². The molecule has 0 aliphatic rings. The van der Waals surface area contributed by atoms with E-state index in [4.69, 9.17) is 5.11 Å². The molecule has 1 aromatic heterocycles. The van der Waals surface area contributed by atoms with Gasteiger partial charge in [-0.15, -0.1) is 10.2 Å². The van der Waals surface area contributed by atoms with E-state index < -0.39 is 11.7 Å². The summed E-state index contributed by atoms with van der Waals surface area (Å²) in [6, 6.07) is 3.89. The van der Waals surface area contributed by atoms with Crippen LogP contribution in [0.4, 0.5) is 9.52 Å². The smallest absolute Gasteiger partial charge is 0.260 e. The Balaban J connectivity index is 2.25. The quantitative estimate of drug-likeness (QED) is 0.811. The summed E-state index contributed by atoms with van der Waals surface area (Å²) in [6.07, 6.45) is 0. The van der Waals surface area contributed by atoms with E-state index >= 15 is 0 Å². The van der Waals surface area contributed by atoms with Gasteiger partial charge in [0.1, 0.15) is 17.9 Å². The summed E-state index contributed by atoms with van der Waals surface area (Å²) >= 11 is 1.13. The van der Waals surface area contributed by atoms with E-state index in [9.17, 15) is 9.18 Å². The second-order valence-electron chi connectivity index (χ2n) is 3.35. The van der Waals surface area contributed by atoms with Crippen molar-refractivity contribution in [2.45, 2.75) is 0 Å². The number of amides is 1. The Hall–Kier alpha value is -2.30. The fourth-order valence-electron chi connectivity index (χ4n) is 1.31. The Kier molecular flexibility index (Phi) is 4.18. The Labute approximate surface area is 112 Å². The van der Waals surface area contributed by atoms with E-state index in [2.05, 4.69) is 27.4 Å². The highest BCUT2D eigenvalue weighted by molar-refractivity contribution is 7.13. The van der Waals surface area contributed by atoms with Crippen LogP contribution in [0.15, 0.2) is 23.7 Å². The van der Waals surface area contributed by atoms with Gasteiger partial charge in [-0.25, -0.2) is 4.39 Å². The topological polar surface area (TPSA) is 75.1 Å². The van der Waals surface area contributed by atoms with Crippen LogP contribution in [-0.2, 0) is 0 Å². The van der Waals surface area contributed by atoms with Gasteiger partial charge in [-0.3, -0.25) is 10.1 Å². The Bertz CT molecular complexity index is 647. The lowest BCUT2D eigenvalue weighted by molar-refractivity contribution is 0.102. The molecule has 1 aromatic carbocycles. The third kappa shape index (κ3) is 3.34. The van der Waals surface area contributed by atoms with Crippen molar-refractivity contribution < 1.29 is 14.3 Å². The van der Waals surface area contributed by atoms with Gasteiger partial charge >= 0.3 is 0 Å². The summed E-state index contributed by atoms with van der Waals surface area (Å²) < 4.78 is 13.6. The molecule has 0 fully saturated rings. The zero-order chi connectivity index (χ0) is 13.7. The lowest BCUT2D eigenvalue weighted by atomic mass is 10.1. The number of aliphatic hydroxyl groups is 1. The number of rotatable bonds is 2. The van der Waals surface area contributed by atoms with Crippen molar-refractivity contribution in [3.8, 4) is 11.8 Å². The number of nitrogens with zero attached hydrogens (tertiary/aromatic N) is 2. The number of carbonyl (C=O) groups is 1. The summed E-state index contributed by atoms with van der Waals surface area (Å²) in [5, 5.41) is 18.5. The summed E-state index contributed by atoms with van der Waals surface area (Å²) in [5.41, 5.74) is 1.76. The van der Waals surface area contributed by atoms with Crippen LogP contribution in [0.2, 0.25) is 0 Å². The van der Waals surface area contributed by atoms with Gasteiger partial charge < -0.3 is 5.11 Å². The Morgan fingerprint density at radius 3 is 3.05 bits per heavy atom.